The number of alkyl halides is 3. The zero-order valence-electron chi connectivity index (χ0n) is 19.8. The molecule has 1 aliphatic carbocycles. The average Bonchev–Trinajstić information content (AvgIpc) is 3.59. The molecule has 0 bridgehead atoms. The van der Waals surface area contributed by atoms with Crippen LogP contribution in [0.3, 0.4) is 0 Å². The number of halogens is 3. The Kier molecular flexibility index (Phi) is 7.32. The minimum absolute atomic E-state index is 0.139. The molecule has 1 N–H and O–H groups in total. The smallest absolute Gasteiger partial charge is 0.435 e. The Morgan fingerprint density at radius 3 is 2.50 bits per heavy atom. The fraction of sp³-hybridized carbons (Fsp3) is 0.346. The highest BCUT2D eigenvalue weighted by molar-refractivity contribution is 6.01. The van der Waals surface area contributed by atoms with Gasteiger partial charge in [0.05, 0.1) is 23.5 Å². The molecular weight excluding hydrogens is 475 g/mol. The maximum absolute atomic E-state index is 13.4. The van der Waals surface area contributed by atoms with E-state index in [1.165, 1.54) is 12.1 Å². The van der Waals surface area contributed by atoms with Gasteiger partial charge in [-0.3, -0.25) is 4.79 Å². The van der Waals surface area contributed by atoms with Crippen LogP contribution in [0.5, 0.6) is 5.88 Å². The molecule has 0 atom stereocenters. The summed E-state index contributed by atoms with van der Waals surface area (Å²) in [7, 11) is 0. The molecular formula is C26H26F3N3O4. The van der Waals surface area contributed by atoms with Crippen LogP contribution in [0.4, 0.5) is 18.9 Å². The molecule has 0 aliphatic heterocycles. The SMILES string of the molecule is CC(C)COC(=O)c1ccccc1NC(=O)COc1cc(C(F)(F)F)nn1-c1ccccc1C1CC1. The fourth-order valence-corrected chi connectivity index (χ4v) is 3.61. The van der Waals surface area contributed by atoms with E-state index < -0.39 is 30.4 Å². The fourth-order valence-electron chi connectivity index (χ4n) is 3.61. The Morgan fingerprint density at radius 1 is 1.11 bits per heavy atom. The van der Waals surface area contributed by atoms with E-state index in [2.05, 4.69) is 10.4 Å². The molecule has 10 heteroatoms. The summed E-state index contributed by atoms with van der Waals surface area (Å²) >= 11 is 0. The van der Waals surface area contributed by atoms with Gasteiger partial charge in [0, 0.05) is 6.07 Å². The summed E-state index contributed by atoms with van der Waals surface area (Å²) in [4.78, 5) is 25.0. The van der Waals surface area contributed by atoms with Gasteiger partial charge in [0.15, 0.2) is 12.3 Å². The molecule has 36 heavy (non-hydrogen) atoms. The van der Waals surface area contributed by atoms with Crippen molar-refractivity contribution < 1.29 is 32.2 Å². The van der Waals surface area contributed by atoms with Crippen LogP contribution in [-0.4, -0.2) is 34.9 Å². The summed E-state index contributed by atoms with van der Waals surface area (Å²) in [5.74, 6) is -1.07. The summed E-state index contributed by atoms with van der Waals surface area (Å²) in [6, 6.07) is 14.1. The predicted molar refractivity (Wildman–Crippen MR) is 126 cm³/mol. The van der Waals surface area contributed by atoms with Crippen molar-refractivity contribution in [3.63, 3.8) is 0 Å². The molecule has 7 nitrogen and oxygen atoms in total. The summed E-state index contributed by atoms with van der Waals surface area (Å²) in [5.41, 5.74) is 0.598. The third-order valence-electron chi connectivity index (χ3n) is 5.47. The number of hydrogen-bond donors (Lipinski definition) is 1. The Labute approximate surface area is 206 Å². The van der Waals surface area contributed by atoms with E-state index in [1.54, 1.807) is 24.3 Å². The van der Waals surface area contributed by atoms with Crippen molar-refractivity contribution >= 4 is 17.6 Å². The molecule has 0 radical (unpaired) electrons. The monoisotopic (exact) mass is 501 g/mol. The lowest BCUT2D eigenvalue weighted by molar-refractivity contribution is -0.141. The molecule has 1 heterocycles. The highest BCUT2D eigenvalue weighted by Gasteiger charge is 2.36. The third-order valence-corrected chi connectivity index (χ3v) is 5.47. The number of benzene rings is 2. The summed E-state index contributed by atoms with van der Waals surface area (Å²) in [5, 5.41) is 6.30. The Morgan fingerprint density at radius 2 is 1.81 bits per heavy atom. The quantitative estimate of drug-likeness (QED) is 0.386. The minimum Gasteiger partial charge on any atom is -0.467 e. The number of hydrogen-bond acceptors (Lipinski definition) is 5. The second kappa shape index (κ2) is 10.4. The second-order valence-corrected chi connectivity index (χ2v) is 8.99. The van der Waals surface area contributed by atoms with Gasteiger partial charge >= 0.3 is 12.1 Å². The Bertz CT molecular complexity index is 1250. The lowest BCUT2D eigenvalue weighted by atomic mass is 10.1. The molecule has 190 valence electrons. The van der Waals surface area contributed by atoms with Crippen molar-refractivity contribution in [2.45, 2.75) is 38.8 Å². The van der Waals surface area contributed by atoms with Crippen LogP contribution in [0.1, 0.15) is 54.2 Å². The number of nitrogens with zero attached hydrogens (tertiary/aromatic N) is 2. The van der Waals surface area contributed by atoms with Crippen molar-refractivity contribution in [2.24, 2.45) is 5.92 Å². The van der Waals surface area contributed by atoms with Crippen LogP contribution in [-0.2, 0) is 15.7 Å². The van der Waals surface area contributed by atoms with E-state index >= 15 is 0 Å². The number of carbonyl (C=O) groups excluding carboxylic acids is 2. The highest BCUT2D eigenvalue weighted by Crippen LogP contribution is 2.43. The van der Waals surface area contributed by atoms with Crippen LogP contribution in [0, 0.1) is 5.92 Å². The van der Waals surface area contributed by atoms with Crippen molar-refractivity contribution in [2.75, 3.05) is 18.5 Å². The number of ether oxygens (including phenoxy) is 2. The van der Waals surface area contributed by atoms with Crippen LogP contribution in [0.2, 0.25) is 0 Å². The minimum atomic E-state index is -4.69. The maximum atomic E-state index is 13.4. The first-order chi connectivity index (χ1) is 17.1. The summed E-state index contributed by atoms with van der Waals surface area (Å²) < 4.78 is 52.1. The highest BCUT2D eigenvalue weighted by atomic mass is 19.4. The number of anilines is 1. The van der Waals surface area contributed by atoms with E-state index in [1.807, 2.05) is 26.0 Å². The van der Waals surface area contributed by atoms with Crippen LogP contribution in [0.25, 0.3) is 5.69 Å². The van der Waals surface area contributed by atoms with Gasteiger partial charge in [0.25, 0.3) is 5.91 Å². The lowest BCUT2D eigenvalue weighted by Gasteiger charge is -2.14. The average molecular weight is 502 g/mol. The number of rotatable bonds is 9. The molecule has 1 amide bonds. The third kappa shape index (κ3) is 6.05. The number of para-hydroxylation sites is 2. The summed E-state index contributed by atoms with van der Waals surface area (Å²) in [6.07, 6.45) is -2.79. The van der Waals surface area contributed by atoms with Crippen LogP contribution < -0.4 is 10.1 Å². The van der Waals surface area contributed by atoms with Crippen molar-refractivity contribution in [1.82, 2.24) is 9.78 Å². The van der Waals surface area contributed by atoms with Crippen LogP contribution in [0.15, 0.2) is 54.6 Å². The number of esters is 1. The van der Waals surface area contributed by atoms with Gasteiger partial charge < -0.3 is 14.8 Å². The van der Waals surface area contributed by atoms with Gasteiger partial charge in [0.1, 0.15) is 0 Å². The second-order valence-electron chi connectivity index (χ2n) is 8.99. The zero-order valence-corrected chi connectivity index (χ0v) is 19.8. The molecule has 1 saturated carbocycles. The van der Waals surface area contributed by atoms with E-state index in [4.69, 9.17) is 9.47 Å². The molecule has 0 unspecified atom stereocenters. The first kappa shape index (κ1) is 25.3. The maximum Gasteiger partial charge on any atom is 0.435 e. The number of aromatic nitrogens is 2. The van der Waals surface area contributed by atoms with Crippen LogP contribution >= 0.6 is 0 Å². The van der Waals surface area contributed by atoms with E-state index in [9.17, 15) is 22.8 Å². The normalized spacial score (nSPS) is 13.5. The first-order valence-corrected chi connectivity index (χ1v) is 11.6. The predicted octanol–water partition coefficient (Wildman–Crippen LogP) is 5.60. The van der Waals surface area contributed by atoms with E-state index in [0.29, 0.717) is 5.69 Å². The molecule has 1 aliphatic rings. The van der Waals surface area contributed by atoms with Gasteiger partial charge in [-0.15, -0.1) is 0 Å². The molecule has 3 aromatic rings. The van der Waals surface area contributed by atoms with E-state index in [0.717, 1.165) is 29.2 Å². The van der Waals surface area contributed by atoms with E-state index in [-0.39, 0.29) is 35.6 Å². The molecule has 1 fully saturated rings. The lowest BCUT2D eigenvalue weighted by Crippen LogP contribution is -2.23. The molecule has 1 aromatic heterocycles. The summed E-state index contributed by atoms with van der Waals surface area (Å²) in [6.45, 7) is 3.43. The molecule has 0 spiro atoms. The Hall–Kier alpha value is -3.82. The van der Waals surface area contributed by atoms with Gasteiger partial charge in [-0.05, 0) is 48.4 Å². The molecule has 2 aromatic carbocycles. The molecule has 0 saturated heterocycles. The van der Waals surface area contributed by atoms with Crippen molar-refractivity contribution in [1.29, 1.82) is 0 Å². The number of carbonyl (C=O) groups is 2. The first-order valence-electron chi connectivity index (χ1n) is 11.6. The standard InChI is InChI=1S/C26H26F3N3O4/c1-16(2)14-36-25(34)19-8-3-5-9-20(19)30-23(33)15-35-24-13-22(26(27,28)29)31-32(24)21-10-6-4-7-18(21)17-11-12-17/h3-10,13,16-17H,11-12,14-15H2,1-2H3,(H,30,33). The van der Waals surface area contributed by atoms with Crippen molar-refractivity contribution in [3.8, 4) is 11.6 Å². The topological polar surface area (TPSA) is 82.4 Å². The molecule has 4 rings (SSSR count). The van der Waals surface area contributed by atoms with Gasteiger partial charge in [-0.2, -0.15) is 18.3 Å². The largest absolute Gasteiger partial charge is 0.467 e. The van der Waals surface area contributed by atoms with Crippen molar-refractivity contribution in [3.05, 3.63) is 71.4 Å². The number of amides is 1. The number of nitrogens with one attached hydrogen (secondary N) is 1. The Balaban J connectivity index is 1.52. The zero-order chi connectivity index (χ0) is 25.9. The van der Waals surface area contributed by atoms with Gasteiger partial charge in [-0.25, -0.2) is 9.48 Å². The van der Waals surface area contributed by atoms with Gasteiger partial charge in [0.2, 0.25) is 5.88 Å². The van der Waals surface area contributed by atoms with Gasteiger partial charge in [-0.1, -0.05) is 44.2 Å².